The molecule has 0 amide bonds. The molecule has 4 nitrogen and oxygen atoms in total. The van der Waals surface area contributed by atoms with Crippen molar-refractivity contribution in [1.29, 1.82) is 0 Å². The molecule has 18 heavy (non-hydrogen) atoms. The molecule has 0 aromatic carbocycles. The third kappa shape index (κ3) is 3.04. The Morgan fingerprint density at radius 3 is 2.61 bits per heavy atom. The summed E-state index contributed by atoms with van der Waals surface area (Å²) in [6.07, 6.45) is 6.69. The van der Waals surface area contributed by atoms with Crippen LogP contribution in [0.3, 0.4) is 0 Å². The van der Waals surface area contributed by atoms with E-state index in [0.717, 1.165) is 25.8 Å². The molecular formula is C14H26N2O2. The van der Waals surface area contributed by atoms with Crippen molar-refractivity contribution in [2.24, 2.45) is 5.92 Å². The highest BCUT2D eigenvalue weighted by Crippen LogP contribution is 2.29. The zero-order valence-corrected chi connectivity index (χ0v) is 11.6. The van der Waals surface area contributed by atoms with Crippen LogP contribution in [0.5, 0.6) is 0 Å². The number of carboxylic acid groups (broad SMARTS) is 1. The first kappa shape index (κ1) is 13.8. The summed E-state index contributed by atoms with van der Waals surface area (Å²) in [6.45, 7) is 2.20. The van der Waals surface area contributed by atoms with Crippen molar-refractivity contribution >= 4 is 5.97 Å². The van der Waals surface area contributed by atoms with Crippen LogP contribution in [0.15, 0.2) is 0 Å². The van der Waals surface area contributed by atoms with Crippen molar-refractivity contribution < 1.29 is 9.90 Å². The van der Waals surface area contributed by atoms with E-state index in [4.69, 9.17) is 0 Å². The van der Waals surface area contributed by atoms with Crippen LogP contribution in [-0.2, 0) is 4.79 Å². The van der Waals surface area contributed by atoms with E-state index in [9.17, 15) is 9.90 Å². The summed E-state index contributed by atoms with van der Waals surface area (Å²) in [5, 5.41) is 9.33. The van der Waals surface area contributed by atoms with E-state index in [-0.39, 0.29) is 12.0 Å². The molecule has 1 aliphatic heterocycles. The predicted octanol–water partition coefficient (Wildman–Crippen LogP) is 1.66. The SMILES string of the molecule is CN1CCCC1CN(C)C1CCCCC1C(=O)O. The molecule has 2 rings (SSSR count). The third-order valence-corrected chi connectivity index (χ3v) is 4.78. The number of hydrogen-bond acceptors (Lipinski definition) is 3. The van der Waals surface area contributed by atoms with Crippen LogP contribution in [-0.4, -0.2) is 60.1 Å². The molecule has 1 saturated carbocycles. The lowest BCUT2D eigenvalue weighted by Gasteiger charge is -2.38. The Kier molecular flexibility index (Phi) is 4.62. The van der Waals surface area contributed by atoms with Crippen molar-refractivity contribution in [3.63, 3.8) is 0 Å². The van der Waals surface area contributed by atoms with Gasteiger partial charge in [-0.2, -0.15) is 0 Å². The van der Waals surface area contributed by atoms with E-state index >= 15 is 0 Å². The Hall–Kier alpha value is -0.610. The molecule has 1 heterocycles. The second-order valence-corrected chi connectivity index (χ2v) is 6.01. The zero-order chi connectivity index (χ0) is 13.1. The Bertz CT molecular complexity index is 296. The molecular weight excluding hydrogens is 228 g/mol. The summed E-state index contributed by atoms with van der Waals surface area (Å²) in [7, 11) is 4.29. The van der Waals surface area contributed by atoms with Gasteiger partial charge >= 0.3 is 5.97 Å². The van der Waals surface area contributed by atoms with Crippen molar-refractivity contribution in [1.82, 2.24) is 9.80 Å². The number of hydrogen-bond donors (Lipinski definition) is 1. The number of carboxylic acids is 1. The fraction of sp³-hybridized carbons (Fsp3) is 0.929. The van der Waals surface area contributed by atoms with Crippen LogP contribution in [0.25, 0.3) is 0 Å². The van der Waals surface area contributed by atoms with Crippen LogP contribution in [0, 0.1) is 5.92 Å². The summed E-state index contributed by atoms with van der Waals surface area (Å²) in [5.74, 6) is -0.762. The molecule has 0 aromatic heterocycles. The lowest BCUT2D eigenvalue weighted by molar-refractivity contribution is -0.145. The first-order chi connectivity index (χ1) is 8.59. The van der Waals surface area contributed by atoms with E-state index in [1.165, 1.54) is 25.8 Å². The number of nitrogens with zero attached hydrogens (tertiary/aromatic N) is 2. The minimum absolute atomic E-state index is 0.157. The van der Waals surface area contributed by atoms with E-state index in [1.54, 1.807) is 0 Å². The summed E-state index contributed by atoms with van der Waals surface area (Å²) < 4.78 is 0. The van der Waals surface area contributed by atoms with E-state index in [0.29, 0.717) is 6.04 Å². The number of carbonyl (C=O) groups is 1. The Balaban J connectivity index is 1.93. The van der Waals surface area contributed by atoms with Gasteiger partial charge in [-0.1, -0.05) is 12.8 Å². The quantitative estimate of drug-likeness (QED) is 0.828. The molecule has 1 N–H and O–H groups in total. The Morgan fingerprint density at radius 1 is 1.28 bits per heavy atom. The van der Waals surface area contributed by atoms with Gasteiger partial charge in [-0.3, -0.25) is 4.79 Å². The lowest BCUT2D eigenvalue weighted by atomic mass is 9.83. The van der Waals surface area contributed by atoms with Gasteiger partial charge in [-0.15, -0.1) is 0 Å². The summed E-state index contributed by atoms with van der Waals surface area (Å²) in [6, 6.07) is 0.858. The number of likely N-dealkylation sites (N-methyl/N-ethyl adjacent to an activating group) is 2. The van der Waals surface area contributed by atoms with E-state index in [2.05, 4.69) is 23.9 Å². The molecule has 2 fully saturated rings. The zero-order valence-electron chi connectivity index (χ0n) is 11.6. The lowest BCUT2D eigenvalue weighted by Crippen LogP contribution is -2.47. The second-order valence-electron chi connectivity index (χ2n) is 6.01. The van der Waals surface area contributed by atoms with Gasteiger partial charge in [-0.25, -0.2) is 0 Å². The number of rotatable bonds is 4. The average molecular weight is 254 g/mol. The van der Waals surface area contributed by atoms with Crippen molar-refractivity contribution in [3.05, 3.63) is 0 Å². The van der Waals surface area contributed by atoms with Gasteiger partial charge < -0.3 is 14.9 Å². The fourth-order valence-corrected chi connectivity index (χ4v) is 3.60. The summed E-state index contributed by atoms with van der Waals surface area (Å²) in [4.78, 5) is 16.1. The largest absolute Gasteiger partial charge is 0.481 e. The first-order valence-electron chi connectivity index (χ1n) is 7.23. The molecule has 104 valence electrons. The van der Waals surface area contributed by atoms with Crippen LogP contribution in [0.1, 0.15) is 38.5 Å². The van der Waals surface area contributed by atoms with Crippen molar-refractivity contribution in [3.8, 4) is 0 Å². The highest BCUT2D eigenvalue weighted by Gasteiger charge is 2.34. The maximum absolute atomic E-state index is 11.3. The van der Waals surface area contributed by atoms with Gasteiger partial charge in [0.15, 0.2) is 0 Å². The van der Waals surface area contributed by atoms with Gasteiger partial charge in [0.25, 0.3) is 0 Å². The van der Waals surface area contributed by atoms with Crippen LogP contribution >= 0.6 is 0 Å². The molecule has 3 atom stereocenters. The first-order valence-corrected chi connectivity index (χ1v) is 7.23. The van der Waals surface area contributed by atoms with Gasteiger partial charge in [0, 0.05) is 18.6 Å². The molecule has 1 saturated heterocycles. The maximum atomic E-state index is 11.3. The predicted molar refractivity (Wildman–Crippen MR) is 71.7 cm³/mol. The average Bonchev–Trinajstić information content (AvgIpc) is 2.75. The van der Waals surface area contributed by atoms with Crippen LogP contribution in [0.4, 0.5) is 0 Å². The molecule has 0 radical (unpaired) electrons. The summed E-state index contributed by atoms with van der Waals surface area (Å²) >= 11 is 0. The van der Waals surface area contributed by atoms with Crippen LogP contribution in [0.2, 0.25) is 0 Å². The van der Waals surface area contributed by atoms with Crippen molar-refractivity contribution in [2.75, 3.05) is 27.2 Å². The second kappa shape index (κ2) is 6.02. The van der Waals surface area contributed by atoms with Gasteiger partial charge in [0.1, 0.15) is 0 Å². The normalized spacial score (nSPS) is 34.1. The highest BCUT2D eigenvalue weighted by atomic mass is 16.4. The molecule has 4 heteroatoms. The van der Waals surface area contributed by atoms with Crippen LogP contribution < -0.4 is 0 Å². The number of aliphatic carboxylic acids is 1. The Morgan fingerprint density at radius 2 is 2.00 bits per heavy atom. The van der Waals surface area contributed by atoms with Gasteiger partial charge in [-0.05, 0) is 46.3 Å². The summed E-state index contributed by atoms with van der Waals surface area (Å²) in [5.41, 5.74) is 0. The monoisotopic (exact) mass is 254 g/mol. The molecule has 0 aromatic rings. The number of likely N-dealkylation sites (tertiary alicyclic amines) is 1. The van der Waals surface area contributed by atoms with Gasteiger partial charge in [0.2, 0.25) is 0 Å². The van der Waals surface area contributed by atoms with E-state index in [1.807, 2.05) is 0 Å². The molecule has 2 aliphatic rings. The molecule has 1 aliphatic carbocycles. The van der Waals surface area contributed by atoms with Crippen molar-refractivity contribution in [2.45, 2.75) is 50.6 Å². The smallest absolute Gasteiger partial charge is 0.308 e. The molecule has 0 spiro atoms. The minimum Gasteiger partial charge on any atom is -0.481 e. The van der Waals surface area contributed by atoms with E-state index < -0.39 is 5.97 Å². The third-order valence-electron chi connectivity index (χ3n) is 4.78. The topological polar surface area (TPSA) is 43.8 Å². The molecule has 0 bridgehead atoms. The minimum atomic E-state index is -0.605. The van der Waals surface area contributed by atoms with Gasteiger partial charge in [0.05, 0.1) is 5.92 Å². The Labute approximate surface area is 110 Å². The molecule has 3 unspecified atom stereocenters. The maximum Gasteiger partial charge on any atom is 0.308 e. The fourth-order valence-electron chi connectivity index (χ4n) is 3.60. The highest BCUT2D eigenvalue weighted by molar-refractivity contribution is 5.71. The standard InChI is InChI=1S/C14H26N2O2/c1-15-9-5-6-11(15)10-16(2)13-8-4-3-7-12(13)14(17)18/h11-13H,3-10H2,1-2H3,(H,17,18).